The predicted molar refractivity (Wildman–Crippen MR) is 87.5 cm³/mol. The van der Waals surface area contributed by atoms with Crippen LogP contribution < -0.4 is 10.6 Å². The SMILES string of the molecule is Cc1nnc(NC(=O)CNC2CCc3nc(C(C)C)nn3C2)s1. The number of carbonyl (C=O) groups excluding carboxylic acids is 1. The summed E-state index contributed by atoms with van der Waals surface area (Å²) in [5.74, 6) is 2.17. The topological polar surface area (TPSA) is 97.6 Å². The number of carbonyl (C=O) groups is 1. The molecule has 2 aromatic heterocycles. The smallest absolute Gasteiger partial charge is 0.240 e. The summed E-state index contributed by atoms with van der Waals surface area (Å²) in [6.07, 6.45) is 1.84. The van der Waals surface area contributed by atoms with E-state index in [-0.39, 0.29) is 18.5 Å². The molecule has 0 saturated heterocycles. The highest BCUT2D eigenvalue weighted by molar-refractivity contribution is 7.15. The highest BCUT2D eigenvalue weighted by Gasteiger charge is 2.22. The van der Waals surface area contributed by atoms with Crippen molar-refractivity contribution in [3.63, 3.8) is 0 Å². The number of hydrogen-bond acceptors (Lipinski definition) is 7. The third kappa shape index (κ3) is 3.91. The minimum atomic E-state index is -0.103. The summed E-state index contributed by atoms with van der Waals surface area (Å²) in [4.78, 5) is 16.5. The Balaban J connectivity index is 1.50. The van der Waals surface area contributed by atoms with E-state index >= 15 is 0 Å². The van der Waals surface area contributed by atoms with Crippen molar-refractivity contribution >= 4 is 22.4 Å². The average Bonchev–Trinajstić information content (AvgIpc) is 3.10. The molecule has 1 aliphatic rings. The summed E-state index contributed by atoms with van der Waals surface area (Å²) >= 11 is 1.37. The van der Waals surface area contributed by atoms with E-state index in [2.05, 4.69) is 44.8 Å². The number of aryl methyl sites for hydroxylation is 2. The van der Waals surface area contributed by atoms with Crippen LogP contribution in [0.5, 0.6) is 0 Å². The van der Waals surface area contributed by atoms with Gasteiger partial charge in [-0.15, -0.1) is 10.2 Å². The maximum atomic E-state index is 11.9. The highest BCUT2D eigenvalue weighted by atomic mass is 32.1. The molecule has 0 spiro atoms. The zero-order valence-corrected chi connectivity index (χ0v) is 14.4. The monoisotopic (exact) mass is 335 g/mol. The van der Waals surface area contributed by atoms with Gasteiger partial charge in [-0.2, -0.15) is 5.10 Å². The van der Waals surface area contributed by atoms with Crippen LogP contribution in [-0.4, -0.2) is 43.5 Å². The molecule has 23 heavy (non-hydrogen) atoms. The molecule has 9 heteroatoms. The molecule has 0 aliphatic carbocycles. The van der Waals surface area contributed by atoms with Gasteiger partial charge in [-0.05, 0) is 13.3 Å². The molecule has 0 fully saturated rings. The first-order valence-corrected chi connectivity index (χ1v) is 8.60. The molecule has 8 nitrogen and oxygen atoms in total. The van der Waals surface area contributed by atoms with E-state index in [1.54, 1.807) is 0 Å². The van der Waals surface area contributed by atoms with E-state index in [1.807, 2.05) is 11.6 Å². The van der Waals surface area contributed by atoms with Crippen LogP contribution >= 0.6 is 11.3 Å². The van der Waals surface area contributed by atoms with Crippen molar-refractivity contribution in [2.75, 3.05) is 11.9 Å². The molecule has 1 unspecified atom stereocenters. The van der Waals surface area contributed by atoms with Crippen molar-refractivity contribution in [3.05, 3.63) is 16.7 Å². The van der Waals surface area contributed by atoms with E-state index in [0.717, 1.165) is 36.0 Å². The van der Waals surface area contributed by atoms with Crippen molar-refractivity contribution in [2.24, 2.45) is 0 Å². The fourth-order valence-electron chi connectivity index (χ4n) is 2.49. The van der Waals surface area contributed by atoms with Gasteiger partial charge in [0.15, 0.2) is 5.82 Å². The minimum Gasteiger partial charge on any atom is -0.304 e. The standard InChI is InChI=1S/C14H21N7OS/c1-8(2)13-16-11-5-4-10(7-21(11)20-13)15-6-12(22)17-14-19-18-9(3)23-14/h8,10,15H,4-7H2,1-3H3,(H,17,19,22). The van der Waals surface area contributed by atoms with Crippen LogP contribution in [0.15, 0.2) is 0 Å². The Kier molecular flexibility index (Phi) is 4.67. The normalized spacial score (nSPS) is 17.3. The lowest BCUT2D eigenvalue weighted by Gasteiger charge is -2.23. The molecule has 1 amide bonds. The van der Waals surface area contributed by atoms with Gasteiger partial charge >= 0.3 is 0 Å². The molecule has 1 atom stereocenters. The first kappa shape index (κ1) is 16.0. The molecule has 1 aliphatic heterocycles. The molecule has 2 aromatic rings. The Morgan fingerprint density at radius 2 is 2.26 bits per heavy atom. The summed E-state index contributed by atoms with van der Waals surface area (Å²) in [6.45, 7) is 7.05. The van der Waals surface area contributed by atoms with Gasteiger partial charge < -0.3 is 5.32 Å². The lowest BCUT2D eigenvalue weighted by Crippen LogP contribution is -2.41. The van der Waals surface area contributed by atoms with Crippen molar-refractivity contribution in [1.29, 1.82) is 0 Å². The van der Waals surface area contributed by atoms with E-state index in [4.69, 9.17) is 0 Å². The molecule has 0 radical (unpaired) electrons. The molecule has 0 aromatic carbocycles. The van der Waals surface area contributed by atoms with Gasteiger partial charge in [-0.25, -0.2) is 9.67 Å². The molecule has 0 bridgehead atoms. The van der Waals surface area contributed by atoms with Crippen molar-refractivity contribution in [2.45, 2.75) is 52.1 Å². The Morgan fingerprint density at radius 3 is 2.96 bits per heavy atom. The number of fused-ring (bicyclic) bond motifs is 1. The van der Waals surface area contributed by atoms with Crippen molar-refractivity contribution < 1.29 is 4.79 Å². The van der Waals surface area contributed by atoms with Gasteiger partial charge in [-0.1, -0.05) is 25.2 Å². The maximum absolute atomic E-state index is 11.9. The lowest BCUT2D eigenvalue weighted by molar-refractivity contribution is -0.115. The second-order valence-corrected chi connectivity index (χ2v) is 7.20. The molecule has 2 N–H and O–H groups in total. The molecule has 3 rings (SSSR count). The van der Waals surface area contributed by atoms with Gasteiger partial charge in [0.2, 0.25) is 11.0 Å². The number of aromatic nitrogens is 5. The van der Waals surface area contributed by atoms with E-state index in [1.165, 1.54) is 11.3 Å². The maximum Gasteiger partial charge on any atom is 0.240 e. The summed E-state index contributed by atoms with van der Waals surface area (Å²) < 4.78 is 1.96. The fourth-order valence-corrected chi connectivity index (χ4v) is 3.09. The van der Waals surface area contributed by atoms with Gasteiger partial charge in [0.25, 0.3) is 0 Å². The van der Waals surface area contributed by atoms with E-state index in [0.29, 0.717) is 11.0 Å². The van der Waals surface area contributed by atoms with Gasteiger partial charge in [0.1, 0.15) is 10.8 Å². The van der Waals surface area contributed by atoms with Crippen LogP contribution in [0, 0.1) is 6.92 Å². The second-order valence-electron chi connectivity index (χ2n) is 6.01. The number of anilines is 1. The zero-order chi connectivity index (χ0) is 16.4. The molecular formula is C14H21N7OS. The Hall–Kier alpha value is -1.87. The van der Waals surface area contributed by atoms with Crippen molar-refractivity contribution in [1.82, 2.24) is 30.3 Å². The summed E-state index contributed by atoms with van der Waals surface area (Å²) in [6, 6.07) is 0.228. The first-order valence-electron chi connectivity index (χ1n) is 7.78. The second kappa shape index (κ2) is 6.71. The highest BCUT2D eigenvalue weighted by Crippen LogP contribution is 2.17. The third-order valence-corrected chi connectivity index (χ3v) is 4.47. The number of nitrogens with one attached hydrogen (secondary N) is 2. The Labute approximate surface area is 138 Å². The number of nitrogens with zero attached hydrogens (tertiary/aromatic N) is 5. The lowest BCUT2D eigenvalue weighted by atomic mass is 10.1. The molecular weight excluding hydrogens is 314 g/mol. The first-order chi connectivity index (χ1) is 11.0. The van der Waals surface area contributed by atoms with Crippen LogP contribution in [0.25, 0.3) is 0 Å². The number of hydrogen-bond donors (Lipinski definition) is 2. The van der Waals surface area contributed by atoms with Crippen LogP contribution in [-0.2, 0) is 17.8 Å². The van der Waals surface area contributed by atoms with Gasteiger partial charge in [-0.3, -0.25) is 10.1 Å². The Morgan fingerprint density at radius 1 is 1.43 bits per heavy atom. The van der Waals surface area contributed by atoms with E-state index < -0.39 is 0 Å². The van der Waals surface area contributed by atoms with E-state index in [9.17, 15) is 4.79 Å². The molecule has 0 saturated carbocycles. The third-order valence-electron chi connectivity index (χ3n) is 3.71. The largest absolute Gasteiger partial charge is 0.304 e. The predicted octanol–water partition coefficient (Wildman–Crippen LogP) is 1.10. The minimum absolute atomic E-state index is 0.103. The summed E-state index contributed by atoms with van der Waals surface area (Å²) in [5, 5.41) is 19.7. The summed E-state index contributed by atoms with van der Waals surface area (Å²) in [5.41, 5.74) is 0. The quantitative estimate of drug-likeness (QED) is 0.849. The van der Waals surface area contributed by atoms with Gasteiger partial charge in [0.05, 0.1) is 13.1 Å². The number of amides is 1. The Bertz CT molecular complexity index is 693. The van der Waals surface area contributed by atoms with Crippen LogP contribution in [0.4, 0.5) is 5.13 Å². The molecule has 124 valence electrons. The average molecular weight is 335 g/mol. The van der Waals surface area contributed by atoms with Crippen LogP contribution in [0.2, 0.25) is 0 Å². The van der Waals surface area contributed by atoms with Crippen LogP contribution in [0.3, 0.4) is 0 Å². The van der Waals surface area contributed by atoms with Crippen molar-refractivity contribution in [3.8, 4) is 0 Å². The van der Waals surface area contributed by atoms with Crippen LogP contribution in [0.1, 0.15) is 42.8 Å². The van der Waals surface area contributed by atoms with Gasteiger partial charge in [0, 0.05) is 18.4 Å². The molecule has 3 heterocycles. The summed E-state index contributed by atoms with van der Waals surface area (Å²) in [7, 11) is 0. The number of rotatable bonds is 5. The fraction of sp³-hybridized carbons (Fsp3) is 0.643. The zero-order valence-electron chi connectivity index (χ0n) is 13.5.